The van der Waals surface area contributed by atoms with Crippen LogP contribution in [0.25, 0.3) is 0 Å². The zero-order chi connectivity index (χ0) is 24.9. The van der Waals surface area contributed by atoms with Crippen molar-refractivity contribution in [2.75, 3.05) is 18.9 Å². The number of benzene rings is 2. The number of ether oxygens (including phenoxy) is 2. The van der Waals surface area contributed by atoms with Gasteiger partial charge < -0.3 is 19.7 Å². The summed E-state index contributed by atoms with van der Waals surface area (Å²) in [6.07, 6.45) is -4.80. The highest BCUT2D eigenvalue weighted by Gasteiger charge is 2.31. The quantitative estimate of drug-likeness (QED) is 0.480. The molecule has 0 fully saturated rings. The van der Waals surface area contributed by atoms with Crippen molar-refractivity contribution in [3.63, 3.8) is 0 Å². The first-order chi connectivity index (χ1) is 16.0. The van der Waals surface area contributed by atoms with Crippen molar-refractivity contribution in [3.05, 3.63) is 69.7 Å². The van der Waals surface area contributed by atoms with Crippen molar-refractivity contribution in [2.45, 2.75) is 26.8 Å². The Balaban J connectivity index is 1.54. The van der Waals surface area contributed by atoms with Crippen molar-refractivity contribution in [2.24, 2.45) is 0 Å². The second kappa shape index (κ2) is 10.6. The van der Waals surface area contributed by atoms with Crippen LogP contribution in [0.3, 0.4) is 0 Å². The standard InChI is InChI=1S/C23H22F3N3O4S/c1-14-4-8-17(9-5-14)32-13-20-27-15(2)21(34-20)22(31)29(3)12-19(30)28-16-6-10-18(11-7-16)33-23(24,25)26/h4-11H,12-13H2,1-3H3,(H,28,30). The van der Waals surface area contributed by atoms with Gasteiger partial charge in [-0.2, -0.15) is 0 Å². The number of hydrogen-bond donors (Lipinski definition) is 1. The third-order valence-electron chi connectivity index (χ3n) is 4.52. The smallest absolute Gasteiger partial charge is 0.486 e. The highest BCUT2D eigenvalue weighted by atomic mass is 32.1. The van der Waals surface area contributed by atoms with Crippen LogP contribution in [0.2, 0.25) is 0 Å². The van der Waals surface area contributed by atoms with Crippen LogP contribution in [-0.4, -0.2) is 41.7 Å². The summed E-state index contributed by atoms with van der Waals surface area (Å²) in [5.74, 6) is -0.593. The van der Waals surface area contributed by atoms with E-state index in [2.05, 4.69) is 15.0 Å². The molecule has 2 aromatic carbocycles. The van der Waals surface area contributed by atoms with Gasteiger partial charge in [0.1, 0.15) is 28.0 Å². The van der Waals surface area contributed by atoms with Crippen LogP contribution in [0.1, 0.15) is 25.9 Å². The fourth-order valence-corrected chi connectivity index (χ4v) is 3.87. The number of likely N-dealkylation sites (N-methyl/N-ethyl adjacent to an activating group) is 1. The number of nitrogens with one attached hydrogen (secondary N) is 1. The predicted molar refractivity (Wildman–Crippen MR) is 121 cm³/mol. The maximum Gasteiger partial charge on any atom is 0.573 e. The van der Waals surface area contributed by atoms with Crippen molar-refractivity contribution in [3.8, 4) is 11.5 Å². The molecule has 0 bridgehead atoms. The molecule has 180 valence electrons. The zero-order valence-electron chi connectivity index (χ0n) is 18.6. The first-order valence-electron chi connectivity index (χ1n) is 10.1. The number of halogens is 3. The van der Waals surface area contributed by atoms with E-state index in [1.807, 2.05) is 31.2 Å². The molecule has 2 amide bonds. The lowest BCUT2D eigenvalue weighted by molar-refractivity contribution is -0.274. The first kappa shape index (κ1) is 25.0. The van der Waals surface area contributed by atoms with Crippen molar-refractivity contribution >= 4 is 28.8 Å². The summed E-state index contributed by atoms with van der Waals surface area (Å²) in [5, 5.41) is 3.15. The molecule has 0 aliphatic heterocycles. The molecule has 0 aliphatic carbocycles. The largest absolute Gasteiger partial charge is 0.573 e. The average molecular weight is 494 g/mol. The molecular formula is C23H22F3N3O4S. The van der Waals surface area contributed by atoms with Crippen LogP contribution < -0.4 is 14.8 Å². The van der Waals surface area contributed by atoms with Gasteiger partial charge in [-0.25, -0.2) is 4.98 Å². The number of aryl methyl sites for hydroxylation is 2. The third kappa shape index (κ3) is 7.20. The Kier molecular flexibility index (Phi) is 7.77. The van der Waals surface area contributed by atoms with Gasteiger partial charge in [0.25, 0.3) is 5.91 Å². The molecule has 0 radical (unpaired) electrons. The summed E-state index contributed by atoms with van der Waals surface area (Å²) < 4.78 is 46.2. The third-order valence-corrected chi connectivity index (χ3v) is 5.64. The lowest BCUT2D eigenvalue weighted by Crippen LogP contribution is -2.34. The molecule has 0 saturated heterocycles. The van der Waals surface area contributed by atoms with E-state index in [-0.39, 0.29) is 24.7 Å². The number of alkyl halides is 3. The second-order valence-corrected chi connectivity index (χ2v) is 8.49. The molecule has 1 heterocycles. The van der Waals surface area contributed by atoms with E-state index in [0.717, 1.165) is 17.7 Å². The van der Waals surface area contributed by atoms with Crippen LogP contribution in [0, 0.1) is 13.8 Å². The van der Waals surface area contributed by atoms with Gasteiger partial charge in [0.2, 0.25) is 5.91 Å². The van der Waals surface area contributed by atoms with Crippen LogP contribution in [0.15, 0.2) is 48.5 Å². The van der Waals surface area contributed by atoms with Gasteiger partial charge in [-0.15, -0.1) is 24.5 Å². The normalized spacial score (nSPS) is 11.1. The Labute approximate surface area is 198 Å². The van der Waals surface area contributed by atoms with Crippen LogP contribution in [0.5, 0.6) is 11.5 Å². The molecule has 11 heteroatoms. The number of carbonyl (C=O) groups is 2. The first-order valence-corrected chi connectivity index (χ1v) is 10.9. The predicted octanol–water partition coefficient (Wildman–Crippen LogP) is 4.95. The average Bonchev–Trinajstić information content (AvgIpc) is 3.13. The highest BCUT2D eigenvalue weighted by molar-refractivity contribution is 7.13. The van der Waals surface area contributed by atoms with Gasteiger partial charge in [-0.1, -0.05) is 17.7 Å². The van der Waals surface area contributed by atoms with Gasteiger partial charge in [0.15, 0.2) is 0 Å². The van der Waals surface area contributed by atoms with Gasteiger partial charge in [-0.05, 0) is 50.2 Å². The minimum atomic E-state index is -4.80. The van der Waals surface area contributed by atoms with Crippen LogP contribution >= 0.6 is 11.3 Å². The Morgan fingerprint density at radius 3 is 2.26 bits per heavy atom. The number of anilines is 1. The minimum absolute atomic E-state index is 0.208. The van der Waals surface area contributed by atoms with Crippen molar-refractivity contribution in [1.29, 1.82) is 0 Å². The van der Waals surface area contributed by atoms with Gasteiger partial charge in [0.05, 0.1) is 12.2 Å². The molecule has 0 saturated carbocycles. The summed E-state index contributed by atoms with van der Waals surface area (Å²) >= 11 is 1.19. The van der Waals surface area contributed by atoms with E-state index in [1.54, 1.807) is 6.92 Å². The monoisotopic (exact) mass is 493 g/mol. The maximum atomic E-state index is 12.8. The SMILES string of the molecule is Cc1ccc(OCc2nc(C)c(C(=O)N(C)CC(=O)Nc3ccc(OC(F)(F)F)cc3)s2)cc1. The topological polar surface area (TPSA) is 80.8 Å². The fraction of sp³-hybridized carbons (Fsp3) is 0.261. The number of amides is 2. The Morgan fingerprint density at radius 1 is 1.03 bits per heavy atom. The molecule has 0 atom stereocenters. The molecule has 0 unspecified atom stereocenters. The lowest BCUT2D eigenvalue weighted by atomic mass is 10.2. The number of nitrogens with zero attached hydrogens (tertiary/aromatic N) is 2. The number of carbonyl (C=O) groups excluding carboxylic acids is 2. The van der Waals surface area contributed by atoms with E-state index in [0.29, 0.717) is 21.3 Å². The van der Waals surface area contributed by atoms with Crippen molar-refractivity contribution in [1.82, 2.24) is 9.88 Å². The molecule has 1 N–H and O–H groups in total. The van der Waals surface area contributed by atoms with Gasteiger partial charge in [-0.3, -0.25) is 9.59 Å². The van der Waals surface area contributed by atoms with Gasteiger partial charge in [0, 0.05) is 12.7 Å². The number of rotatable bonds is 8. The second-order valence-electron chi connectivity index (χ2n) is 7.41. The van der Waals surface area contributed by atoms with E-state index in [1.165, 1.54) is 35.4 Å². The summed E-state index contributed by atoms with van der Waals surface area (Å²) in [7, 11) is 1.48. The molecule has 1 aromatic heterocycles. The number of thiazole rings is 1. The van der Waals surface area contributed by atoms with Gasteiger partial charge >= 0.3 is 6.36 Å². The number of hydrogen-bond acceptors (Lipinski definition) is 6. The number of aromatic nitrogens is 1. The summed E-state index contributed by atoms with van der Waals surface area (Å²) in [6.45, 7) is 3.63. The van der Waals surface area contributed by atoms with Crippen LogP contribution in [0.4, 0.5) is 18.9 Å². The summed E-state index contributed by atoms with van der Waals surface area (Å²) in [5.41, 5.74) is 1.92. The summed E-state index contributed by atoms with van der Waals surface area (Å²) in [4.78, 5) is 31.1. The lowest BCUT2D eigenvalue weighted by Gasteiger charge is -2.16. The molecular weight excluding hydrogens is 471 g/mol. The molecule has 0 aliphatic rings. The zero-order valence-corrected chi connectivity index (χ0v) is 19.4. The molecule has 0 spiro atoms. The molecule has 3 aromatic rings. The highest BCUT2D eigenvalue weighted by Crippen LogP contribution is 2.24. The molecule has 34 heavy (non-hydrogen) atoms. The van der Waals surface area contributed by atoms with Crippen molar-refractivity contribution < 1.29 is 32.2 Å². The summed E-state index contributed by atoms with van der Waals surface area (Å²) in [6, 6.07) is 12.3. The van der Waals surface area contributed by atoms with E-state index in [4.69, 9.17) is 4.74 Å². The Morgan fingerprint density at radius 2 is 1.65 bits per heavy atom. The fourth-order valence-electron chi connectivity index (χ4n) is 2.89. The molecule has 3 rings (SSSR count). The van der Waals surface area contributed by atoms with E-state index >= 15 is 0 Å². The van der Waals surface area contributed by atoms with Crippen LogP contribution in [-0.2, 0) is 11.4 Å². The minimum Gasteiger partial charge on any atom is -0.486 e. The Hall–Kier alpha value is -3.60. The Bertz CT molecular complexity index is 1150. The maximum absolute atomic E-state index is 12.8. The van der Waals surface area contributed by atoms with E-state index in [9.17, 15) is 22.8 Å². The van der Waals surface area contributed by atoms with E-state index < -0.39 is 18.0 Å². The molecule has 7 nitrogen and oxygen atoms in total.